The second kappa shape index (κ2) is 3.91. The third-order valence-corrected chi connectivity index (χ3v) is 3.65. The van der Waals surface area contributed by atoms with Crippen LogP contribution in [0.15, 0.2) is 12.2 Å². The van der Waals surface area contributed by atoms with Crippen molar-refractivity contribution in [2.75, 3.05) is 18.1 Å². The normalized spacial score (nSPS) is 16.8. The van der Waals surface area contributed by atoms with Gasteiger partial charge in [-0.15, -0.1) is 0 Å². The minimum atomic E-state index is -3.13. The van der Waals surface area contributed by atoms with Crippen LogP contribution >= 0.6 is 0 Å². The summed E-state index contributed by atoms with van der Waals surface area (Å²) in [4.78, 5) is 23.0. The molecular weight excluding hydrogens is 206 g/mol. The van der Waals surface area contributed by atoms with Crippen LogP contribution in [0.25, 0.3) is 0 Å². The fraction of sp³-hybridized carbons (Fsp3) is 0.500. The first-order chi connectivity index (χ1) is 6.46. The predicted octanol–water partition coefficient (Wildman–Crippen LogP) is -0.654. The summed E-state index contributed by atoms with van der Waals surface area (Å²) in [6, 6.07) is 0. The summed E-state index contributed by atoms with van der Waals surface area (Å²) in [6.07, 6.45) is 2.28. The zero-order chi connectivity index (χ0) is 10.8. The Morgan fingerprint density at radius 3 is 2.14 bits per heavy atom. The van der Waals surface area contributed by atoms with Crippen LogP contribution in [0.1, 0.15) is 6.92 Å². The summed E-state index contributed by atoms with van der Waals surface area (Å²) in [7, 11) is -3.13. The maximum atomic E-state index is 11.1. The molecule has 0 fully saturated rings. The van der Waals surface area contributed by atoms with Gasteiger partial charge in [-0.05, 0) is 0 Å². The van der Waals surface area contributed by atoms with Gasteiger partial charge in [-0.2, -0.15) is 0 Å². The summed E-state index contributed by atoms with van der Waals surface area (Å²) in [5.74, 6) is -1.03. The molecular formula is C8H11NO4S. The van der Waals surface area contributed by atoms with E-state index < -0.39 is 21.7 Å². The van der Waals surface area contributed by atoms with Gasteiger partial charge in [0.2, 0.25) is 0 Å². The number of hydrogen-bond acceptors (Lipinski definition) is 4. The van der Waals surface area contributed by atoms with Crippen LogP contribution in [-0.4, -0.2) is 43.2 Å². The van der Waals surface area contributed by atoms with Crippen molar-refractivity contribution < 1.29 is 18.0 Å². The van der Waals surface area contributed by atoms with E-state index in [-0.39, 0.29) is 18.1 Å². The summed E-state index contributed by atoms with van der Waals surface area (Å²) in [5.41, 5.74) is 0. The van der Waals surface area contributed by atoms with E-state index in [2.05, 4.69) is 0 Å². The lowest BCUT2D eigenvalue weighted by atomic mass is 10.5. The van der Waals surface area contributed by atoms with Crippen LogP contribution in [0.2, 0.25) is 0 Å². The highest BCUT2D eigenvalue weighted by Gasteiger charge is 2.24. The lowest BCUT2D eigenvalue weighted by molar-refractivity contribution is -0.136. The van der Waals surface area contributed by atoms with Gasteiger partial charge in [0.15, 0.2) is 9.84 Å². The van der Waals surface area contributed by atoms with E-state index in [9.17, 15) is 18.0 Å². The SMILES string of the molecule is CCS(=O)(=O)CCN1C(=O)C=CC1=O. The van der Waals surface area contributed by atoms with Crippen molar-refractivity contribution in [2.45, 2.75) is 6.92 Å². The highest BCUT2D eigenvalue weighted by Crippen LogP contribution is 2.03. The third-order valence-electron chi connectivity index (χ3n) is 1.97. The van der Waals surface area contributed by atoms with Crippen molar-refractivity contribution in [1.29, 1.82) is 0 Å². The van der Waals surface area contributed by atoms with Crippen molar-refractivity contribution >= 4 is 21.7 Å². The summed E-state index contributed by atoms with van der Waals surface area (Å²) >= 11 is 0. The van der Waals surface area contributed by atoms with Gasteiger partial charge < -0.3 is 0 Å². The quantitative estimate of drug-likeness (QED) is 0.586. The van der Waals surface area contributed by atoms with Gasteiger partial charge in [0.05, 0.1) is 5.75 Å². The molecule has 6 heteroatoms. The topological polar surface area (TPSA) is 71.5 Å². The van der Waals surface area contributed by atoms with Crippen molar-refractivity contribution in [3.05, 3.63) is 12.2 Å². The summed E-state index contributed by atoms with van der Waals surface area (Å²) in [5, 5.41) is 0. The van der Waals surface area contributed by atoms with Gasteiger partial charge in [-0.25, -0.2) is 8.42 Å². The first-order valence-corrected chi connectivity index (χ1v) is 6.02. The smallest absolute Gasteiger partial charge is 0.253 e. The molecule has 0 radical (unpaired) electrons. The standard InChI is InChI=1S/C8H11NO4S/c1-2-14(12,13)6-5-9-7(10)3-4-8(9)11/h3-4H,2,5-6H2,1H3. The monoisotopic (exact) mass is 217 g/mol. The van der Waals surface area contributed by atoms with E-state index >= 15 is 0 Å². The fourth-order valence-electron chi connectivity index (χ4n) is 1.03. The maximum absolute atomic E-state index is 11.1. The molecule has 0 aromatic rings. The van der Waals surface area contributed by atoms with Crippen LogP contribution in [0, 0.1) is 0 Å². The number of nitrogens with zero attached hydrogens (tertiary/aromatic N) is 1. The Hall–Kier alpha value is -1.17. The zero-order valence-electron chi connectivity index (χ0n) is 7.76. The molecule has 1 rings (SSSR count). The van der Waals surface area contributed by atoms with Crippen LogP contribution in [0.5, 0.6) is 0 Å². The van der Waals surface area contributed by atoms with Crippen LogP contribution in [0.4, 0.5) is 0 Å². The molecule has 0 saturated carbocycles. The van der Waals surface area contributed by atoms with E-state index in [0.29, 0.717) is 0 Å². The largest absolute Gasteiger partial charge is 0.274 e. The predicted molar refractivity (Wildman–Crippen MR) is 50.2 cm³/mol. The van der Waals surface area contributed by atoms with E-state index in [0.717, 1.165) is 17.1 Å². The second-order valence-corrected chi connectivity index (χ2v) is 5.37. The molecule has 0 aliphatic carbocycles. The van der Waals surface area contributed by atoms with Crippen LogP contribution in [-0.2, 0) is 19.4 Å². The number of imide groups is 1. The van der Waals surface area contributed by atoms with Gasteiger partial charge >= 0.3 is 0 Å². The number of rotatable bonds is 4. The molecule has 1 heterocycles. The summed E-state index contributed by atoms with van der Waals surface area (Å²) in [6.45, 7) is 1.47. The Morgan fingerprint density at radius 2 is 1.71 bits per heavy atom. The van der Waals surface area contributed by atoms with Crippen LogP contribution in [0.3, 0.4) is 0 Å². The lowest BCUT2D eigenvalue weighted by Gasteiger charge is -2.12. The number of amides is 2. The van der Waals surface area contributed by atoms with Crippen LogP contribution < -0.4 is 0 Å². The number of sulfone groups is 1. The Labute approximate surface area is 82.3 Å². The first-order valence-electron chi connectivity index (χ1n) is 4.20. The summed E-state index contributed by atoms with van der Waals surface area (Å²) < 4.78 is 22.2. The molecule has 1 aliphatic rings. The number of carbonyl (C=O) groups is 2. The lowest BCUT2D eigenvalue weighted by Crippen LogP contribution is -2.34. The van der Waals surface area contributed by atoms with Gasteiger partial charge in [-0.1, -0.05) is 6.92 Å². The highest BCUT2D eigenvalue weighted by atomic mass is 32.2. The zero-order valence-corrected chi connectivity index (χ0v) is 8.58. The molecule has 78 valence electrons. The first kappa shape index (κ1) is 10.9. The van der Waals surface area contributed by atoms with E-state index in [4.69, 9.17) is 0 Å². The van der Waals surface area contributed by atoms with E-state index in [1.54, 1.807) is 0 Å². The van der Waals surface area contributed by atoms with Crippen molar-refractivity contribution in [3.8, 4) is 0 Å². The minimum absolute atomic E-state index is 0.0245. The Bertz CT molecular complexity index is 364. The van der Waals surface area contributed by atoms with Crippen molar-refractivity contribution in [3.63, 3.8) is 0 Å². The molecule has 0 N–H and O–H groups in total. The minimum Gasteiger partial charge on any atom is -0.274 e. The van der Waals surface area contributed by atoms with Gasteiger partial charge in [0.1, 0.15) is 0 Å². The molecule has 5 nitrogen and oxygen atoms in total. The Morgan fingerprint density at radius 1 is 1.21 bits per heavy atom. The molecule has 14 heavy (non-hydrogen) atoms. The highest BCUT2D eigenvalue weighted by molar-refractivity contribution is 7.91. The van der Waals surface area contributed by atoms with Gasteiger partial charge in [-0.3, -0.25) is 14.5 Å². The number of carbonyl (C=O) groups excluding carboxylic acids is 2. The Kier molecular flexibility index (Phi) is 3.05. The number of hydrogen-bond donors (Lipinski definition) is 0. The van der Waals surface area contributed by atoms with Crippen molar-refractivity contribution in [2.24, 2.45) is 0 Å². The van der Waals surface area contributed by atoms with E-state index in [1.807, 2.05) is 0 Å². The fourth-order valence-corrected chi connectivity index (χ4v) is 1.78. The molecule has 0 spiro atoms. The third kappa shape index (κ3) is 2.41. The molecule has 2 amide bonds. The molecule has 0 bridgehead atoms. The van der Waals surface area contributed by atoms with Gasteiger partial charge in [0, 0.05) is 24.4 Å². The molecule has 0 aromatic carbocycles. The van der Waals surface area contributed by atoms with Crippen molar-refractivity contribution in [1.82, 2.24) is 4.90 Å². The molecule has 0 unspecified atom stereocenters. The molecule has 0 atom stereocenters. The molecule has 0 aromatic heterocycles. The molecule has 1 aliphatic heterocycles. The Balaban J connectivity index is 2.55. The second-order valence-electron chi connectivity index (χ2n) is 2.90. The maximum Gasteiger partial charge on any atom is 0.253 e. The molecule has 0 saturated heterocycles. The average Bonchev–Trinajstić information content (AvgIpc) is 2.44. The van der Waals surface area contributed by atoms with E-state index in [1.165, 1.54) is 6.92 Å². The van der Waals surface area contributed by atoms with Gasteiger partial charge in [0.25, 0.3) is 11.8 Å². The average molecular weight is 217 g/mol.